The number of fused-ring (bicyclic) bond motifs is 1. The summed E-state index contributed by atoms with van der Waals surface area (Å²) in [5.41, 5.74) is 0.936. The van der Waals surface area contributed by atoms with E-state index in [2.05, 4.69) is 41.1 Å². The molecule has 28 heavy (non-hydrogen) atoms. The van der Waals surface area contributed by atoms with E-state index in [9.17, 15) is 13.2 Å². The van der Waals surface area contributed by atoms with Crippen molar-refractivity contribution in [3.05, 3.63) is 64.7 Å². The van der Waals surface area contributed by atoms with E-state index in [0.29, 0.717) is 17.0 Å². The van der Waals surface area contributed by atoms with Crippen LogP contribution in [0, 0.1) is 0 Å². The van der Waals surface area contributed by atoms with Gasteiger partial charge < -0.3 is 4.74 Å². The van der Waals surface area contributed by atoms with E-state index < -0.39 is 12.0 Å². The Morgan fingerprint density at radius 2 is 1.71 bits per heavy atom. The molecular weight excluding hydrogens is 439 g/mol. The molecule has 1 N–H and O–H groups in total. The summed E-state index contributed by atoms with van der Waals surface area (Å²) in [6.45, 7) is -0.123. The predicted octanol–water partition coefficient (Wildman–Crippen LogP) is 4.78. The minimum absolute atomic E-state index is 0.123. The lowest BCUT2D eigenvalue weighted by molar-refractivity contribution is -0.145. The van der Waals surface area contributed by atoms with Gasteiger partial charge in [0.05, 0.1) is 10.9 Å². The molecule has 10 heteroatoms. The lowest BCUT2D eigenvalue weighted by atomic mass is 10.2. The van der Waals surface area contributed by atoms with Crippen LogP contribution in [0.25, 0.3) is 22.3 Å². The molecule has 0 spiro atoms. The first-order valence-electron chi connectivity index (χ1n) is 8.04. The van der Waals surface area contributed by atoms with Gasteiger partial charge in [-0.25, -0.2) is 9.97 Å². The number of nitrogens with one attached hydrogen (secondary N) is 1. The molecule has 2 aromatic heterocycles. The lowest BCUT2D eigenvalue weighted by Crippen LogP contribution is -2.12. The van der Waals surface area contributed by atoms with E-state index in [0.717, 1.165) is 10.0 Å². The molecule has 0 radical (unpaired) electrons. The normalized spacial score (nSPS) is 11.7. The number of hydrogen-bond acceptors (Lipinski definition) is 5. The maximum Gasteiger partial charge on any atom is 0.451 e. The first-order valence-corrected chi connectivity index (χ1v) is 8.83. The molecule has 0 bridgehead atoms. The van der Waals surface area contributed by atoms with Crippen molar-refractivity contribution in [3.8, 4) is 17.3 Å². The van der Waals surface area contributed by atoms with Crippen molar-refractivity contribution in [1.82, 2.24) is 25.1 Å². The second kappa shape index (κ2) is 7.19. The fourth-order valence-electron chi connectivity index (χ4n) is 2.51. The third-order valence-electron chi connectivity index (χ3n) is 3.80. The van der Waals surface area contributed by atoms with Gasteiger partial charge in [0.2, 0.25) is 11.7 Å². The number of nitrogens with zero attached hydrogens (tertiary/aromatic N) is 4. The van der Waals surface area contributed by atoms with E-state index in [-0.39, 0.29) is 18.0 Å². The maximum absolute atomic E-state index is 13.1. The highest BCUT2D eigenvalue weighted by Gasteiger charge is 2.35. The van der Waals surface area contributed by atoms with Crippen molar-refractivity contribution in [3.63, 3.8) is 0 Å². The standard InChI is InChI=1S/C18H11BrF3N5O/c19-11-7-5-10(6-8-11)15-24-14(26-27-15)9-28-16-12-3-1-2-4-13(12)23-17(25-16)18(20,21)22/h1-8H,9H2,(H,24,26,27). The quantitative estimate of drug-likeness (QED) is 0.485. The topological polar surface area (TPSA) is 76.6 Å². The van der Waals surface area contributed by atoms with Crippen molar-refractivity contribution >= 4 is 26.8 Å². The number of para-hydroxylation sites is 1. The zero-order chi connectivity index (χ0) is 19.7. The summed E-state index contributed by atoms with van der Waals surface area (Å²) in [5, 5.41) is 7.20. The van der Waals surface area contributed by atoms with Crippen molar-refractivity contribution in [2.75, 3.05) is 0 Å². The average molecular weight is 450 g/mol. The van der Waals surface area contributed by atoms with Crippen LogP contribution in [0.4, 0.5) is 13.2 Å². The van der Waals surface area contributed by atoms with E-state index in [4.69, 9.17) is 4.74 Å². The molecule has 0 unspecified atom stereocenters. The van der Waals surface area contributed by atoms with Gasteiger partial charge in [-0.15, -0.1) is 0 Å². The number of alkyl halides is 3. The number of hydrogen-bond donors (Lipinski definition) is 1. The molecular formula is C18H11BrF3N5O. The largest absolute Gasteiger partial charge is 0.469 e. The number of rotatable bonds is 4. The lowest BCUT2D eigenvalue weighted by Gasteiger charge is -2.10. The minimum atomic E-state index is -4.68. The Bertz CT molecular complexity index is 1130. The Balaban J connectivity index is 1.60. The Hall–Kier alpha value is -3.01. The third kappa shape index (κ3) is 3.81. The molecule has 4 aromatic rings. The fraction of sp³-hybridized carbons (Fsp3) is 0.111. The first-order chi connectivity index (χ1) is 13.4. The number of ether oxygens (including phenoxy) is 1. The van der Waals surface area contributed by atoms with Gasteiger partial charge in [0.25, 0.3) is 0 Å². The summed E-state index contributed by atoms with van der Waals surface area (Å²) in [4.78, 5) is 11.4. The van der Waals surface area contributed by atoms with Crippen LogP contribution in [-0.4, -0.2) is 25.1 Å². The van der Waals surface area contributed by atoms with Crippen molar-refractivity contribution < 1.29 is 17.9 Å². The molecule has 0 amide bonds. The average Bonchev–Trinajstić information content (AvgIpc) is 3.15. The molecule has 0 aliphatic rings. The molecule has 4 rings (SSSR count). The van der Waals surface area contributed by atoms with Gasteiger partial charge in [0.1, 0.15) is 6.61 Å². The van der Waals surface area contributed by atoms with Crippen LogP contribution >= 0.6 is 15.9 Å². The van der Waals surface area contributed by atoms with E-state index >= 15 is 0 Å². The second-order valence-corrected chi connectivity index (χ2v) is 6.68. The molecule has 6 nitrogen and oxygen atoms in total. The van der Waals surface area contributed by atoms with Crippen molar-refractivity contribution in [2.45, 2.75) is 12.8 Å². The van der Waals surface area contributed by atoms with Gasteiger partial charge in [-0.1, -0.05) is 40.2 Å². The third-order valence-corrected chi connectivity index (χ3v) is 4.33. The SMILES string of the molecule is FC(F)(F)c1nc(OCc2nc(-c3ccc(Br)cc3)n[nH]2)c2ccccc2n1. The number of aromatic amines is 1. The second-order valence-electron chi connectivity index (χ2n) is 5.77. The highest BCUT2D eigenvalue weighted by Crippen LogP contribution is 2.31. The smallest absolute Gasteiger partial charge is 0.451 e. The molecule has 2 heterocycles. The number of H-pyrrole nitrogens is 1. The Morgan fingerprint density at radius 3 is 2.46 bits per heavy atom. The van der Waals surface area contributed by atoms with Gasteiger partial charge >= 0.3 is 6.18 Å². The van der Waals surface area contributed by atoms with Crippen LogP contribution in [0.1, 0.15) is 11.6 Å². The van der Waals surface area contributed by atoms with Crippen molar-refractivity contribution in [1.29, 1.82) is 0 Å². The van der Waals surface area contributed by atoms with Gasteiger partial charge in [-0.05, 0) is 24.3 Å². The summed E-state index contributed by atoms with van der Waals surface area (Å²) in [6.07, 6.45) is -4.68. The summed E-state index contributed by atoms with van der Waals surface area (Å²) >= 11 is 3.35. The van der Waals surface area contributed by atoms with Crippen LogP contribution in [0.2, 0.25) is 0 Å². The highest BCUT2D eigenvalue weighted by molar-refractivity contribution is 9.10. The van der Waals surface area contributed by atoms with E-state index in [1.54, 1.807) is 18.2 Å². The number of aromatic nitrogens is 5. The molecule has 0 aliphatic heterocycles. The van der Waals surface area contributed by atoms with Gasteiger partial charge in [-0.3, -0.25) is 5.10 Å². The summed E-state index contributed by atoms with van der Waals surface area (Å²) in [5.74, 6) is -0.613. The minimum Gasteiger partial charge on any atom is -0.469 e. The van der Waals surface area contributed by atoms with Gasteiger partial charge in [0, 0.05) is 10.0 Å². The molecule has 0 atom stereocenters. The maximum atomic E-state index is 13.1. The first kappa shape index (κ1) is 18.4. The molecule has 142 valence electrons. The molecule has 0 fully saturated rings. The number of halogens is 4. The van der Waals surface area contributed by atoms with Crippen LogP contribution in [0.3, 0.4) is 0 Å². The van der Waals surface area contributed by atoms with Gasteiger partial charge in [-0.2, -0.15) is 23.3 Å². The Kier molecular flexibility index (Phi) is 4.71. The van der Waals surface area contributed by atoms with Crippen LogP contribution < -0.4 is 4.74 Å². The van der Waals surface area contributed by atoms with E-state index in [1.165, 1.54) is 6.07 Å². The number of benzene rings is 2. The van der Waals surface area contributed by atoms with Crippen LogP contribution in [0.15, 0.2) is 53.0 Å². The van der Waals surface area contributed by atoms with Crippen molar-refractivity contribution in [2.24, 2.45) is 0 Å². The Labute approximate surface area is 164 Å². The fourth-order valence-corrected chi connectivity index (χ4v) is 2.77. The predicted molar refractivity (Wildman–Crippen MR) is 98.4 cm³/mol. The molecule has 0 aliphatic carbocycles. The molecule has 0 saturated carbocycles. The zero-order valence-corrected chi connectivity index (χ0v) is 15.6. The molecule has 0 saturated heterocycles. The monoisotopic (exact) mass is 449 g/mol. The zero-order valence-electron chi connectivity index (χ0n) is 14.0. The van der Waals surface area contributed by atoms with Crippen LogP contribution in [0.5, 0.6) is 5.88 Å². The summed E-state index contributed by atoms with van der Waals surface area (Å²) in [7, 11) is 0. The van der Waals surface area contributed by atoms with E-state index in [1.807, 2.05) is 24.3 Å². The highest BCUT2D eigenvalue weighted by atomic mass is 79.9. The van der Waals surface area contributed by atoms with Gasteiger partial charge in [0.15, 0.2) is 11.6 Å². The summed E-state index contributed by atoms with van der Waals surface area (Å²) < 4.78 is 45.6. The van der Waals surface area contributed by atoms with Crippen LogP contribution in [-0.2, 0) is 12.8 Å². The summed E-state index contributed by atoms with van der Waals surface area (Å²) in [6, 6.07) is 13.7. The molecule has 2 aromatic carbocycles. The Morgan fingerprint density at radius 1 is 0.964 bits per heavy atom.